The van der Waals surface area contributed by atoms with Crippen LogP contribution in [0, 0.1) is 43.2 Å². The number of rotatable bonds is 8. The van der Waals surface area contributed by atoms with E-state index in [9.17, 15) is 8.78 Å². The van der Waals surface area contributed by atoms with Crippen molar-refractivity contribution in [2.45, 2.75) is 65.2 Å². The van der Waals surface area contributed by atoms with Crippen LogP contribution in [0.25, 0.3) is 16.9 Å². The monoisotopic (exact) mass is 979 g/mol. The Kier molecular flexibility index (Phi) is 12.4. The first kappa shape index (κ1) is 42.4. The molecule has 60 heavy (non-hydrogen) atoms. The Morgan fingerprint density at radius 2 is 1.20 bits per heavy atom. The van der Waals surface area contributed by atoms with Crippen molar-refractivity contribution in [2.24, 2.45) is 0 Å². The van der Waals surface area contributed by atoms with Crippen LogP contribution in [0.3, 0.4) is 0 Å². The molecule has 0 spiro atoms. The van der Waals surface area contributed by atoms with Crippen LogP contribution in [0.5, 0.6) is 0 Å². The zero-order valence-electron chi connectivity index (χ0n) is 34.5. The van der Waals surface area contributed by atoms with E-state index in [0.717, 1.165) is 82.9 Å². The van der Waals surface area contributed by atoms with Gasteiger partial charge in [-0.3, -0.25) is 13.8 Å². The van der Waals surface area contributed by atoms with Gasteiger partial charge in [0.1, 0.15) is 17.3 Å². The Morgan fingerprint density at radius 3 is 1.67 bits per heavy atom. The first-order valence-electron chi connectivity index (χ1n) is 19.8. The third kappa shape index (κ3) is 8.76. The molecular formula is C48H46F2IrN9-5. The maximum Gasteiger partial charge on any atom is 0.124 e. The molecule has 9 nitrogen and oxygen atoms in total. The number of nitrogens with zero attached hydrogens (tertiary/aromatic N) is 9. The van der Waals surface area contributed by atoms with Crippen LogP contribution in [0.2, 0.25) is 0 Å². The number of benzene rings is 3. The van der Waals surface area contributed by atoms with Crippen molar-refractivity contribution in [1.82, 2.24) is 24.3 Å². The fourth-order valence-electron chi connectivity index (χ4n) is 7.42. The summed E-state index contributed by atoms with van der Waals surface area (Å²) in [7, 11) is 0. The largest absolute Gasteiger partial charge is 0.500 e. The summed E-state index contributed by atoms with van der Waals surface area (Å²) in [5, 5.41) is 0. The van der Waals surface area contributed by atoms with Gasteiger partial charge in [-0.05, 0) is 50.2 Å². The summed E-state index contributed by atoms with van der Waals surface area (Å²) in [4.78, 5) is 26.9. The minimum Gasteiger partial charge on any atom is -0.500 e. The zero-order valence-corrected chi connectivity index (χ0v) is 36.9. The van der Waals surface area contributed by atoms with Crippen LogP contribution in [0.4, 0.5) is 43.2 Å². The Labute approximate surface area is 365 Å². The second-order valence-corrected chi connectivity index (χ2v) is 16.6. The number of anilines is 6. The summed E-state index contributed by atoms with van der Waals surface area (Å²) < 4.78 is 29.0. The number of fused-ring (bicyclic) bond motifs is 3. The molecular weight excluding hydrogens is 933 g/mol. The summed E-state index contributed by atoms with van der Waals surface area (Å²) in [6, 6.07) is 34.0. The van der Waals surface area contributed by atoms with Crippen LogP contribution >= 0.6 is 0 Å². The summed E-state index contributed by atoms with van der Waals surface area (Å²) in [6.45, 7) is 19.0. The molecule has 2 aliphatic rings. The number of unbranched alkanes of at least 4 members (excludes halogenated alkanes) is 1. The van der Waals surface area contributed by atoms with E-state index in [-0.39, 0.29) is 42.6 Å². The van der Waals surface area contributed by atoms with E-state index < -0.39 is 0 Å². The van der Waals surface area contributed by atoms with Crippen LogP contribution < -0.4 is 19.6 Å². The maximum atomic E-state index is 13.4. The molecule has 12 heteroatoms. The second kappa shape index (κ2) is 17.5. The van der Waals surface area contributed by atoms with Gasteiger partial charge >= 0.3 is 0 Å². The SMILES string of the molecule is CC(C)(C)c1nc2c(-c3[c-]cccc3)nccn2c1C(C)(C)C.Fc1c[c-]c(N2[CH-]N(CCCCN3[CH-]N(c4[c-]cc(F)cc4)c4ncccc43)c3cccnc32)cc1.[Ir]. The number of hydrogen-bond acceptors (Lipinski definition) is 8. The molecule has 0 unspecified atom stereocenters. The number of halogens is 2. The zero-order chi connectivity index (χ0) is 41.3. The fourth-order valence-corrected chi connectivity index (χ4v) is 7.42. The molecule has 0 bridgehead atoms. The smallest absolute Gasteiger partial charge is 0.124 e. The summed E-state index contributed by atoms with van der Waals surface area (Å²) in [5.41, 5.74) is 8.64. The Morgan fingerprint density at radius 1 is 0.633 bits per heavy atom. The molecule has 0 aliphatic carbocycles. The van der Waals surface area contributed by atoms with Gasteiger partial charge in [0.2, 0.25) is 0 Å². The van der Waals surface area contributed by atoms with Crippen molar-refractivity contribution < 1.29 is 28.9 Å². The average molecular weight is 979 g/mol. The molecule has 0 fully saturated rings. The van der Waals surface area contributed by atoms with Crippen molar-refractivity contribution in [3.8, 4) is 11.3 Å². The van der Waals surface area contributed by atoms with Gasteiger partial charge < -0.3 is 24.0 Å². The Bertz CT molecular complexity index is 2430. The third-order valence-electron chi connectivity index (χ3n) is 10.1. The van der Waals surface area contributed by atoms with E-state index in [0.29, 0.717) is 0 Å². The number of pyridine rings is 2. The minimum atomic E-state index is -0.317. The van der Waals surface area contributed by atoms with Gasteiger partial charge in [-0.25, -0.2) is 15.0 Å². The summed E-state index contributed by atoms with van der Waals surface area (Å²) in [5.74, 6) is 0.976. The van der Waals surface area contributed by atoms with Crippen LogP contribution in [0.15, 0.2) is 110 Å². The van der Waals surface area contributed by atoms with Crippen molar-refractivity contribution in [3.05, 3.63) is 164 Å². The number of hydrogen-bond donors (Lipinski definition) is 0. The van der Waals surface area contributed by atoms with Crippen LogP contribution in [-0.4, -0.2) is 37.4 Å². The van der Waals surface area contributed by atoms with E-state index in [4.69, 9.17) is 4.98 Å². The normalized spacial score (nSPS) is 13.5. The van der Waals surface area contributed by atoms with Crippen LogP contribution in [-0.2, 0) is 30.9 Å². The quantitative estimate of drug-likeness (QED) is 0.110. The summed E-state index contributed by atoms with van der Waals surface area (Å²) >= 11 is 0. The Balaban J connectivity index is 0.000000197. The molecule has 7 aromatic rings. The third-order valence-corrected chi connectivity index (χ3v) is 10.1. The first-order chi connectivity index (χ1) is 28.4. The van der Waals surface area contributed by atoms with Gasteiger partial charge in [0.15, 0.2) is 0 Å². The molecule has 2 aliphatic heterocycles. The molecule has 9 rings (SSSR count). The molecule has 4 aromatic heterocycles. The van der Waals surface area contributed by atoms with E-state index in [1.807, 2.05) is 84.1 Å². The average Bonchev–Trinajstić information content (AvgIpc) is 3.93. The van der Waals surface area contributed by atoms with Crippen molar-refractivity contribution in [3.63, 3.8) is 0 Å². The standard InChI is InChI=1S/C28H22F2N6.C20H24N3.Ir/c29-21-7-11-23(12-8-21)35-19-33(25-5-3-15-31-27(25)35)17-1-2-18-34-20-36(24-13-9-22(30)10-14-24)28-26(34)6-4-16-32-28;1-19(2,3)16-17(20(4,5)6)23-13-12-21-15(18(23)22-16)14-10-8-7-9-11-14;/h3-11,13,15-16,19-20H,1-2,17-18H2;7-10,12-13H,1-6H3;/q-4;-1;. The van der Waals surface area contributed by atoms with Gasteiger partial charge in [-0.15, -0.1) is 83.7 Å². The van der Waals surface area contributed by atoms with Crippen molar-refractivity contribution >= 4 is 40.0 Å². The molecule has 0 saturated heterocycles. The minimum absolute atomic E-state index is 0. The molecule has 6 heterocycles. The number of imidazole rings is 1. The van der Waals surface area contributed by atoms with Gasteiger partial charge in [-0.1, -0.05) is 41.5 Å². The molecule has 1 radical (unpaired) electrons. The fraction of sp³-hybridized carbons (Fsp3) is 0.250. The predicted octanol–water partition coefficient (Wildman–Crippen LogP) is 10.8. The maximum absolute atomic E-state index is 13.4. The van der Waals surface area contributed by atoms with E-state index >= 15 is 0 Å². The Hall–Kier alpha value is -5.71. The van der Waals surface area contributed by atoms with E-state index in [1.165, 1.54) is 30.0 Å². The topological polar surface area (TPSA) is 68.9 Å². The molecule has 0 N–H and O–H groups in total. The first-order valence-corrected chi connectivity index (χ1v) is 19.8. The van der Waals surface area contributed by atoms with Gasteiger partial charge in [0.05, 0.1) is 11.4 Å². The van der Waals surface area contributed by atoms with Gasteiger partial charge in [0.25, 0.3) is 0 Å². The molecule has 311 valence electrons. The predicted molar refractivity (Wildman–Crippen MR) is 230 cm³/mol. The number of aromatic nitrogens is 5. The van der Waals surface area contributed by atoms with Crippen LogP contribution in [0.1, 0.15) is 65.8 Å². The molecule has 0 atom stereocenters. The van der Waals surface area contributed by atoms with E-state index in [1.54, 1.807) is 24.5 Å². The molecule has 0 saturated carbocycles. The van der Waals surface area contributed by atoms with Crippen molar-refractivity contribution in [1.29, 1.82) is 0 Å². The van der Waals surface area contributed by atoms with Crippen molar-refractivity contribution in [2.75, 3.05) is 32.7 Å². The van der Waals surface area contributed by atoms with E-state index in [2.05, 4.69) is 88.9 Å². The second-order valence-electron chi connectivity index (χ2n) is 16.6. The van der Waals surface area contributed by atoms with Gasteiger partial charge in [-0.2, -0.15) is 25.5 Å². The molecule has 0 amide bonds. The summed E-state index contributed by atoms with van der Waals surface area (Å²) in [6.07, 6.45) is 9.26. The van der Waals surface area contributed by atoms with Gasteiger partial charge in [0, 0.05) is 84.4 Å². The molecule has 3 aromatic carbocycles.